The van der Waals surface area contributed by atoms with Gasteiger partial charge in [-0.05, 0) is 36.8 Å². The molecule has 0 unspecified atom stereocenters. The Morgan fingerprint density at radius 3 is 2.93 bits per heavy atom. The van der Waals surface area contributed by atoms with Crippen LogP contribution in [0.25, 0.3) is 33.6 Å². The normalized spacial score (nSPS) is 10.9. The molecule has 0 bridgehead atoms. The minimum absolute atomic E-state index is 0.222. The fraction of sp³-hybridized carbons (Fsp3) is 0.200. The summed E-state index contributed by atoms with van der Waals surface area (Å²) in [5.41, 5.74) is 3.74. The van der Waals surface area contributed by atoms with Crippen molar-refractivity contribution >= 4 is 22.8 Å². The van der Waals surface area contributed by atoms with Crippen LogP contribution in [-0.2, 0) is 0 Å². The van der Waals surface area contributed by atoms with Crippen molar-refractivity contribution in [3.63, 3.8) is 0 Å². The van der Waals surface area contributed by atoms with E-state index >= 15 is 0 Å². The zero-order valence-electron chi connectivity index (χ0n) is 15.6. The van der Waals surface area contributed by atoms with E-state index in [-0.39, 0.29) is 5.91 Å². The molecule has 142 valence electrons. The van der Waals surface area contributed by atoms with Crippen molar-refractivity contribution in [2.75, 3.05) is 18.9 Å². The number of aromatic nitrogens is 4. The molecule has 0 aliphatic rings. The van der Waals surface area contributed by atoms with Crippen LogP contribution in [0.3, 0.4) is 0 Å². The van der Waals surface area contributed by atoms with Crippen molar-refractivity contribution < 1.29 is 9.21 Å². The Labute approximate surface area is 161 Å². The first-order chi connectivity index (χ1) is 13.7. The Kier molecular flexibility index (Phi) is 4.76. The average Bonchev–Trinajstić information content (AvgIpc) is 3.38. The zero-order valence-corrected chi connectivity index (χ0v) is 15.6. The van der Waals surface area contributed by atoms with Gasteiger partial charge in [0.2, 0.25) is 5.89 Å². The van der Waals surface area contributed by atoms with Gasteiger partial charge in [0.15, 0.2) is 0 Å². The summed E-state index contributed by atoms with van der Waals surface area (Å²) in [5, 5.41) is 14.8. The monoisotopic (exact) mass is 376 g/mol. The molecule has 0 saturated heterocycles. The molecule has 4 rings (SSSR count). The third kappa shape index (κ3) is 3.32. The highest BCUT2D eigenvalue weighted by atomic mass is 16.4. The molecule has 1 aromatic carbocycles. The van der Waals surface area contributed by atoms with Crippen molar-refractivity contribution in [3.8, 4) is 22.7 Å². The second-order valence-corrected chi connectivity index (χ2v) is 6.29. The van der Waals surface area contributed by atoms with E-state index in [1.165, 1.54) is 0 Å². The summed E-state index contributed by atoms with van der Waals surface area (Å²) in [4.78, 5) is 19.6. The van der Waals surface area contributed by atoms with Crippen molar-refractivity contribution in [2.24, 2.45) is 0 Å². The van der Waals surface area contributed by atoms with Crippen LogP contribution in [0.4, 0.5) is 6.01 Å². The van der Waals surface area contributed by atoms with Crippen LogP contribution in [0.15, 0.2) is 47.0 Å². The first-order valence-corrected chi connectivity index (χ1v) is 9.08. The second kappa shape index (κ2) is 7.51. The maximum atomic E-state index is 11.9. The van der Waals surface area contributed by atoms with Gasteiger partial charge < -0.3 is 20.0 Å². The molecule has 0 aliphatic heterocycles. The first-order valence-electron chi connectivity index (χ1n) is 9.08. The summed E-state index contributed by atoms with van der Waals surface area (Å²) in [6, 6.07) is 11.7. The third-order valence-electron chi connectivity index (χ3n) is 4.36. The number of pyridine rings is 1. The number of carbonyl (C=O) groups excluding carboxylic acids is 1. The molecular weight excluding hydrogens is 356 g/mol. The third-order valence-corrected chi connectivity index (χ3v) is 4.36. The molecule has 4 aromatic rings. The summed E-state index contributed by atoms with van der Waals surface area (Å²) in [5.74, 6) is 0.222. The molecular formula is C20H20N6O2. The Bertz CT molecular complexity index is 1130. The number of rotatable bonds is 6. The van der Waals surface area contributed by atoms with E-state index in [4.69, 9.17) is 4.42 Å². The van der Waals surface area contributed by atoms with E-state index < -0.39 is 0 Å². The largest absolute Gasteiger partial charge is 0.403 e. The van der Waals surface area contributed by atoms with Crippen LogP contribution in [0.2, 0.25) is 0 Å². The molecule has 28 heavy (non-hydrogen) atoms. The van der Waals surface area contributed by atoms with Crippen molar-refractivity contribution in [1.29, 1.82) is 0 Å². The molecule has 0 aliphatic carbocycles. The van der Waals surface area contributed by atoms with Crippen LogP contribution < -0.4 is 10.6 Å². The van der Waals surface area contributed by atoms with Gasteiger partial charge in [-0.15, -0.1) is 5.10 Å². The number of aromatic amines is 1. The molecule has 8 nitrogen and oxygen atoms in total. The van der Waals surface area contributed by atoms with Gasteiger partial charge in [-0.1, -0.05) is 18.1 Å². The predicted octanol–water partition coefficient (Wildman–Crippen LogP) is 3.46. The van der Waals surface area contributed by atoms with Gasteiger partial charge in [-0.2, -0.15) is 0 Å². The second-order valence-electron chi connectivity index (χ2n) is 6.29. The molecule has 0 spiro atoms. The van der Waals surface area contributed by atoms with E-state index in [0.29, 0.717) is 23.3 Å². The maximum Gasteiger partial charge on any atom is 0.315 e. The Morgan fingerprint density at radius 1 is 1.21 bits per heavy atom. The van der Waals surface area contributed by atoms with Crippen LogP contribution in [0.5, 0.6) is 0 Å². The van der Waals surface area contributed by atoms with E-state index in [2.05, 4.69) is 37.7 Å². The lowest BCUT2D eigenvalue weighted by Gasteiger charge is -2.03. The van der Waals surface area contributed by atoms with E-state index in [9.17, 15) is 4.79 Å². The summed E-state index contributed by atoms with van der Waals surface area (Å²) < 4.78 is 5.70. The van der Waals surface area contributed by atoms with Gasteiger partial charge in [0.1, 0.15) is 5.69 Å². The SMILES string of the molecule is CCCNc1nnc(-c2ccc3[nH]cc(-c4cccc(C(=O)NC)n4)c3c2)o1. The number of nitrogens with one attached hydrogen (secondary N) is 3. The Hall–Kier alpha value is -3.68. The summed E-state index contributed by atoms with van der Waals surface area (Å²) in [7, 11) is 1.59. The Balaban J connectivity index is 1.73. The fourth-order valence-corrected chi connectivity index (χ4v) is 2.95. The quantitative estimate of drug-likeness (QED) is 0.475. The summed E-state index contributed by atoms with van der Waals surface area (Å²) in [6.07, 6.45) is 2.85. The maximum absolute atomic E-state index is 11.9. The predicted molar refractivity (Wildman–Crippen MR) is 107 cm³/mol. The number of benzene rings is 1. The zero-order chi connectivity index (χ0) is 19.5. The van der Waals surface area contributed by atoms with Crippen LogP contribution in [0.1, 0.15) is 23.8 Å². The highest BCUT2D eigenvalue weighted by molar-refractivity contribution is 5.98. The standard InChI is InChI=1S/C20H20N6O2/c1-3-9-22-20-26-25-19(28-20)12-7-8-15-13(10-12)14(11-23-15)16-5-4-6-17(24-16)18(27)21-2/h4-8,10-11,23H,3,9H2,1-2H3,(H,21,27)(H,22,26). The molecule has 0 saturated carbocycles. The van der Waals surface area contributed by atoms with E-state index in [1.54, 1.807) is 13.1 Å². The average molecular weight is 376 g/mol. The van der Waals surface area contributed by atoms with Crippen molar-refractivity contribution in [3.05, 3.63) is 48.3 Å². The lowest BCUT2D eigenvalue weighted by Crippen LogP contribution is -2.19. The highest BCUT2D eigenvalue weighted by Gasteiger charge is 2.14. The van der Waals surface area contributed by atoms with E-state index in [1.807, 2.05) is 36.5 Å². The number of anilines is 1. The van der Waals surface area contributed by atoms with Gasteiger partial charge >= 0.3 is 6.01 Å². The number of nitrogens with zero attached hydrogens (tertiary/aromatic N) is 3. The number of hydrogen-bond acceptors (Lipinski definition) is 6. The van der Waals surface area contributed by atoms with Crippen LogP contribution in [0, 0.1) is 0 Å². The first kappa shape index (κ1) is 17.7. The van der Waals surface area contributed by atoms with Crippen molar-refractivity contribution in [1.82, 2.24) is 25.5 Å². The topological polar surface area (TPSA) is 109 Å². The van der Waals surface area contributed by atoms with Gasteiger partial charge in [0.05, 0.1) is 5.69 Å². The summed E-state index contributed by atoms with van der Waals surface area (Å²) >= 11 is 0. The smallest absolute Gasteiger partial charge is 0.315 e. The number of carbonyl (C=O) groups is 1. The van der Waals surface area contributed by atoms with Crippen LogP contribution >= 0.6 is 0 Å². The van der Waals surface area contributed by atoms with Gasteiger partial charge in [0, 0.05) is 41.8 Å². The molecule has 0 fully saturated rings. The molecule has 1 amide bonds. The lowest BCUT2D eigenvalue weighted by molar-refractivity contribution is 0.0958. The minimum atomic E-state index is -0.222. The Morgan fingerprint density at radius 2 is 2.11 bits per heavy atom. The van der Waals surface area contributed by atoms with Crippen molar-refractivity contribution in [2.45, 2.75) is 13.3 Å². The van der Waals surface area contributed by atoms with E-state index in [0.717, 1.165) is 35.0 Å². The van der Waals surface area contributed by atoms with Gasteiger partial charge in [-0.25, -0.2) is 4.98 Å². The minimum Gasteiger partial charge on any atom is -0.403 e. The highest BCUT2D eigenvalue weighted by Crippen LogP contribution is 2.31. The molecule has 0 radical (unpaired) electrons. The number of H-pyrrole nitrogens is 1. The molecule has 3 heterocycles. The van der Waals surface area contributed by atoms with Gasteiger partial charge in [-0.3, -0.25) is 4.79 Å². The van der Waals surface area contributed by atoms with Gasteiger partial charge in [0.25, 0.3) is 5.91 Å². The number of amides is 1. The molecule has 0 atom stereocenters. The number of hydrogen-bond donors (Lipinski definition) is 3. The molecule has 3 aromatic heterocycles. The lowest BCUT2D eigenvalue weighted by atomic mass is 10.1. The summed E-state index contributed by atoms with van der Waals surface area (Å²) in [6.45, 7) is 2.84. The molecule has 3 N–H and O–H groups in total. The van der Waals surface area contributed by atoms with Crippen LogP contribution in [-0.4, -0.2) is 39.7 Å². The number of fused-ring (bicyclic) bond motifs is 1. The fourth-order valence-electron chi connectivity index (χ4n) is 2.95. The molecule has 8 heteroatoms.